The molecule has 150 valence electrons. The third-order valence-electron chi connectivity index (χ3n) is 4.99. The predicted molar refractivity (Wildman–Crippen MR) is 105 cm³/mol. The average Bonchev–Trinajstić information content (AvgIpc) is 2.72. The minimum atomic E-state index is -0.670. The number of carbonyl (C=O) groups excluding carboxylic acids is 1. The number of nitro benzene ring substituents is 2. The summed E-state index contributed by atoms with van der Waals surface area (Å²) in [5, 5.41) is 26.5. The van der Waals surface area contributed by atoms with Gasteiger partial charge in [0, 0.05) is 17.5 Å². The van der Waals surface area contributed by atoms with Crippen molar-refractivity contribution in [2.75, 3.05) is 0 Å². The molecule has 1 atom stereocenters. The van der Waals surface area contributed by atoms with Gasteiger partial charge in [-0.3, -0.25) is 20.2 Å². The van der Waals surface area contributed by atoms with Crippen LogP contribution in [0.5, 0.6) is 0 Å². The molecule has 1 aliphatic carbocycles. The number of rotatable bonds is 5. The number of hydrogen-bond donors (Lipinski definition) is 0. The normalized spacial score (nSPS) is 17.7. The Morgan fingerprint density at radius 1 is 1.10 bits per heavy atom. The van der Waals surface area contributed by atoms with Gasteiger partial charge in [-0.05, 0) is 43.9 Å². The van der Waals surface area contributed by atoms with Crippen LogP contribution in [0.4, 0.5) is 11.4 Å². The lowest BCUT2D eigenvalue weighted by Gasteiger charge is -2.23. The molecule has 0 aliphatic heterocycles. The van der Waals surface area contributed by atoms with Crippen LogP contribution in [0.15, 0.2) is 47.6 Å². The molecule has 0 heterocycles. The van der Waals surface area contributed by atoms with E-state index in [1.807, 2.05) is 6.07 Å². The summed E-state index contributed by atoms with van der Waals surface area (Å²) in [7, 11) is 0. The van der Waals surface area contributed by atoms with Gasteiger partial charge in [0.1, 0.15) is 0 Å². The van der Waals surface area contributed by atoms with Crippen LogP contribution in [0.1, 0.15) is 53.1 Å². The van der Waals surface area contributed by atoms with Gasteiger partial charge in [-0.1, -0.05) is 29.8 Å². The highest BCUT2D eigenvalue weighted by Gasteiger charge is 2.31. The van der Waals surface area contributed by atoms with Gasteiger partial charge in [0.2, 0.25) is 0 Å². The van der Waals surface area contributed by atoms with Crippen molar-refractivity contribution >= 4 is 23.1 Å². The Labute approximate surface area is 166 Å². The van der Waals surface area contributed by atoms with E-state index in [1.54, 1.807) is 25.1 Å². The van der Waals surface area contributed by atoms with Crippen molar-refractivity contribution in [3.63, 3.8) is 0 Å². The third-order valence-corrected chi connectivity index (χ3v) is 4.99. The number of benzene rings is 2. The van der Waals surface area contributed by atoms with Crippen LogP contribution in [0.25, 0.3) is 0 Å². The van der Waals surface area contributed by atoms with Crippen LogP contribution < -0.4 is 0 Å². The Kier molecular flexibility index (Phi) is 5.96. The topological polar surface area (TPSA) is 125 Å². The standard InChI is InChI=1S/C20H19N3O6/c1-13-6-2-3-7-15(13)20(24)29-21-18-9-5-4-8-16(18)17-11-10-14(22(25)26)12-19(17)23(27)28/h2-3,6-7,10-12,16H,4-5,8-9H2,1H3/b21-18+. The van der Waals surface area contributed by atoms with Crippen molar-refractivity contribution in [2.24, 2.45) is 5.16 Å². The Hall–Kier alpha value is -3.62. The van der Waals surface area contributed by atoms with E-state index in [4.69, 9.17) is 4.84 Å². The van der Waals surface area contributed by atoms with E-state index in [-0.39, 0.29) is 11.4 Å². The first kappa shape index (κ1) is 20.1. The molecule has 2 aromatic rings. The molecule has 2 aromatic carbocycles. The molecule has 1 aliphatic rings. The maximum absolute atomic E-state index is 12.3. The average molecular weight is 397 g/mol. The summed E-state index contributed by atoms with van der Waals surface area (Å²) in [5.41, 5.74) is 1.33. The highest BCUT2D eigenvalue weighted by atomic mass is 16.7. The number of non-ortho nitro benzene ring substituents is 1. The van der Waals surface area contributed by atoms with Crippen LogP contribution >= 0.6 is 0 Å². The Morgan fingerprint density at radius 2 is 1.86 bits per heavy atom. The monoisotopic (exact) mass is 397 g/mol. The highest BCUT2D eigenvalue weighted by Crippen LogP contribution is 2.37. The third kappa shape index (κ3) is 4.45. The van der Waals surface area contributed by atoms with Gasteiger partial charge in [-0.15, -0.1) is 0 Å². The summed E-state index contributed by atoms with van der Waals surface area (Å²) < 4.78 is 0. The molecule has 0 spiro atoms. The van der Waals surface area contributed by atoms with Gasteiger partial charge in [-0.25, -0.2) is 4.79 Å². The molecule has 0 N–H and O–H groups in total. The molecule has 0 amide bonds. The van der Waals surface area contributed by atoms with Crippen LogP contribution in [-0.2, 0) is 4.84 Å². The van der Waals surface area contributed by atoms with Crippen molar-refractivity contribution in [1.82, 2.24) is 0 Å². The largest absolute Gasteiger partial charge is 0.365 e. The molecule has 29 heavy (non-hydrogen) atoms. The van der Waals surface area contributed by atoms with Crippen molar-refractivity contribution in [2.45, 2.75) is 38.5 Å². The van der Waals surface area contributed by atoms with Crippen LogP contribution in [0.2, 0.25) is 0 Å². The molecule has 9 heteroatoms. The summed E-state index contributed by atoms with van der Waals surface area (Å²) in [6.45, 7) is 1.79. The highest BCUT2D eigenvalue weighted by molar-refractivity contribution is 5.94. The molecule has 0 saturated heterocycles. The minimum Gasteiger partial charge on any atom is -0.313 e. The Bertz CT molecular complexity index is 1000. The zero-order valence-corrected chi connectivity index (χ0v) is 15.7. The lowest BCUT2D eigenvalue weighted by atomic mass is 9.81. The molecule has 9 nitrogen and oxygen atoms in total. The SMILES string of the molecule is Cc1ccccc1C(=O)O/N=C1\CCCCC1c1ccc([N+](=O)[O-])cc1[N+](=O)[O-]. The summed E-state index contributed by atoms with van der Waals surface area (Å²) >= 11 is 0. The van der Waals surface area contributed by atoms with Crippen molar-refractivity contribution < 1.29 is 19.5 Å². The number of carbonyl (C=O) groups is 1. The smallest absolute Gasteiger partial charge is 0.313 e. The number of oxime groups is 1. The maximum Gasteiger partial charge on any atom is 0.365 e. The van der Waals surface area contributed by atoms with Crippen LogP contribution in [-0.4, -0.2) is 21.5 Å². The van der Waals surface area contributed by atoms with Crippen LogP contribution in [0.3, 0.4) is 0 Å². The molecule has 0 radical (unpaired) electrons. The van der Waals surface area contributed by atoms with Crippen molar-refractivity contribution in [1.29, 1.82) is 0 Å². The first-order valence-corrected chi connectivity index (χ1v) is 9.15. The maximum atomic E-state index is 12.3. The first-order chi connectivity index (χ1) is 13.9. The van der Waals surface area contributed by atoms with Gasteiger partial charge in [-0.2, -0.15) is 0 Å². The zero-order chi connectivity index (χ0) is 21.0. The van der Waals surface area contributed by atoms with E-state index < -0.39 is 21.7 Å². The number of aryl methyl sites for hydroxylation is 1. The molecule has 1 fully saturated rings. The van der Waals surface area contributed by atoms with Crippen molar-refractivity contribution in [3.8, 4) is 0 Å². The Morgan fingerprint density at radius 3 is 2.55 bits per heavy atom. The van der Waals surface area contributed by atoms with Gasteiger partial charge in [0.05, 0.1) is 27.2 Å². The second kappa shape index (κ2) is 8.59. The summed E-state index contributed by atoms with van der Waals surface area (Å²) in [5.74, 6) is -1.03. The van der Waals surface area contributed by atoms with E-state index in [9.17, 15) is 25.0 Å². The number of hydrogen-bond acceptors (Lipinski definition) is 7. The number of nitrogens with zero attached hydrogens (tertiary/aromatic N) is 3. The molecule has 0 aromatic heterocycles. The molecule has 3 rings (SSSR count). The second-order valence-electron chi connectivity index (χ2n) is 6.83. The fraction of sp³-hybridized carbons (Fsp3) is 0.300. The quantitative estimate of drug-likeness (QED) is 0.410. The molecule has 1 unspecified atom stereocenters. The zero-order valence-electron chi connectivity index (χ0n) is 15.7. The first-order valence-electron chi connectivity index (χ1n) is 9.15. The second-order valence-corrected chi connectivity index (χ2v) is 6.83. The van der Waals surface area contributed by atoms with E-state index >= 15 is 0 Å². The predicted octanol–water partition coefficient (Wildman–Crippen LogP) is 4.68. The van der Waals surface area contributed by atoms with Crippen LogP contribution in [0, 0.1) is 27.2 Å². The van der Waals surface area contributed by atoms with E-state index in [0.29, 0.717) is 29.7 Å². The van der Waals surface area contributed by atoms with Gasteiger partial charge >= 0.3 is 5.97 Å². The minimum absolute atomic E-state index is 0.330. The fourth-order valence-electron chi connectivity index (χ4n) is 3.49. The lowest BCUT2D eigenvalue weighted by Crippen LogP contribution is -2.20. The van der Waals surface area contributed by atoms with E-state index in [2.05, 4.69) is 5.16 Å². The van der Waals surface area contributed by atoms with Gasteiger partial charge < -0.3 is 4.84 Å². The molecule has 0 bridgehead atoms. The summed E-state index contributed by atoms with van der Waals surface area (Å²) in [6, 6.07) is 10.5. The van der Waals surface area contributed by atoms with Gasteiger partial charge in [0.25, 0.3) is 11.4 Å². The van der Waals surface area contributed by atoms with E-state index in [0.717, 1.165) is 24.5 Å². The van der Waals surface area contributed by atoms with E-state index in [1.165, 1.54) is 12.1 Å². The van der Waals surface area contributed by atoms with Crippen molar-refractivity contribution in [3.05, 3.63) is 79.4 Å². The fourth-order valence-corrected chi connectivity index (χ4v) is 3.49. The molecular formula is C20H19N3O6. The summed E-state index contributed by atoms with van der Waals surface area (Å²) in [4.78, 5) is 38.6. The molecule has 1 saturated carbocycles. The summed E-state index contributed by atoms with van der Waals surface area (Å²) in [6.07, 6.45) is 2.75. The Balaban J connectivity index is 1.91. The van der Waals surface area contributed by atoms with Gasteiger partial charge in [0.15, 0.2) is 0 Å². The number of nitro groups is 2. The molecular weight excluding hydrogens is 378 g/mol. The lowest BCUT2D eigenvalue weighted by molar-refractivity contribution is -0.394.